The Labute approximate surface area is 165 Å². The number of thioether (sulfide) groups is 1. The summed E-state index contributed by atoms with van der Waals surface area (Å²) in [6, 6.07) is 10.8. The van der Waals surface area contributed by atoms with Crippen LogP contribution in [0, 0.1) is 0 Å². The van der Waals surface area contributed by atoms with Crippen molar-refractivity contribution in [2.75, 3.05) is 13.4 Å². The molecule has 0 aliphatic carbocycles. The first-order valence-electron chi connectivity index (χ1n) is 8.24. The number of fused-ring (bicyclic) bond motifs is 1. The number of halogens is 1. The van der Waals surface area contributed by atoms with Crippen LogP contribution in [0.5, 0.6) is 17.2 Å². The van der Waals surface area contributed by atoms with Crippen molar-refractivity contribution >= 4 is 46.2 Å². The van der Waals surface area contributed by atoms with Crippen LogP contribution >= 0.6 is 23.4 Å². The SMILES string of the molecule is CCOc1ccc(N=C2NC(=O)/C(=C/c3cc4c(cc3Cl)OCO4)S2)cc1. The van der Waals surface area contributed by atoms with Gasteiger partial charge in [0.15, 0.2) is 16.7 Å². The fraction of sp³-hybridized carbons (Fsp3) is 0.158. The van der Waals surface area contributed by atoms with Gasteiger partial charge in [0.2, 0.25) is 6.79 Å². The highest BCUT2D eigenvalue weighted by atomic mass is 35.5. The molecule has 1 saturated heterocycles. The van der Waals surface area contributed by atoms with E-state index in [9.17, 15) is 4.79 Å². The van der Waals surface area contributed by atoms with E-state index in [-0.39, 0.29) is 12.7 Å². The van der Waals surface area contributed by atoms with Gasteiger partial charge in [0.25, 0.3) is 5.91 Å². The largest absolute Gasteiger partial charge is 0.494 e. The van der Waals surface area contributed by atoms with E-state index in [0.717, 1.165) is 11.4 Å². The second-order valence-electron chi connectivity index (χ2n) is 5.64. The van der Waals surface area contributed by atoms with Crippen LogP contribution < -0.4 is 19.5 Å². The molecule has 0 spiro atoms. The normalized spacial score (nSPS) is 18.2. The Bertz CT molecular complexity index is 957. The number of amidine groups is 1. The average Bonchev–Trinajstić information content (AvgIpc) is 3.23. The molecule has 4 rings (SSSR count). The smallest absolute Gasteiger partial charge is 0.264 e. The average molecular weight is 403 g/mol. The molecule has 0 unspecified atom stereocenters. The number of amides is 1. The number of carbonyl (C=O) groups is 1. The third-order valence-corrected chi connectivity index (χ3v) is 5.04. The zero-order valence-corrected chi connectivity index (χ0v) is 15.9. The molecule has 2 aromatic carbocycles. The van der Waals surface area contributed by atoms with E-state index in [0.29, 0.717) is 38.8 Å². The fourth-order valence-corrected chi connectivity index (χ4v) is 3.61. The number of nitrogens with zero attached hydrogens (tertiary/aromatic N) is 1. The lowest BCUT2D eigenvalue weighted by Gasteiger charge is -2.02. The third-order valence-electron chi connectivity index (χ3n) is 3.81. The van der Waals surface area contributed by atoms with Gasteiger partial charge in [-0.15, -0.1) is 0 Å². The molecule has 0 radical (unpaired) electrons. The summed E-state index contributed by atoms with van der Waals surface area (Å²) in [6.45, 7) is 2.70. The first-order valence-corrected chi connectivity index (χ1v) is 9.43. The van der Waals surface area contributed by atoms with Gasteiger partial charge in [-0.3, -0.25) is 4.79 Å². The van der Waals surface area contributed by atoms with Crippen LogP contribution in [0.2, 0.25) is 5.02 Å². The Morgan fingerprint density at radius 2 is 2.00 bits per heavy atom. The molecule has 2 aromatic rings. The molecule has 1 N–H and O–H groups in total. The summed E-state index contributed by atoms with van der Waals surface area (Å²) in [7, 11) is 0. The molecule has 0 aromatic heterocycles. The fourth-order valence-electron chi connectivity index (χ4n) is 2.57. The van der Waals surface area contributed by atoms with Gasteiger partial charge in [-0.2, -0.15) is 0 Å². The molecule has 8 heteroatoms. The van der Waals surface area contributed by atoms with E-state index in [4.69, 9.17) is 25.8 Å². The maximum Gasteiger partial charge on any atom is 0.264 e. The first kappa shape index (κ1) is 17.8. The van der Waals surface area contributed by atoms with Gasteiger partial charge in [-0.1, -0.05) is 11.6 Å². The molecule has 2 aliphatic heterocycles. The molecule has 2 heterocycles. The minimum absolute atomic E-state index is 0.166. The summed E-state index contributed by atoms with van der Waals surface area (Å²) in [5.41, 5.74) is 1.41. The van der Waals surface area contributed by atoms with Crippen molar-refractivity contribution in [2.24, 2.45) is 4.99 Å². The number of hydrogen-bond acceptors (Lipinski definition) is 6. The lowest BCUT2D eigenvalue weighted by atomic mass is 10.2. The van der Waals surface area contributed by atoms with Crippen molar-refractivity contribution in [1.82, 2.24) is 5.32 Å². The van der Waals surface area contributed by atoms with E-state index in [1.54, 1.807) is 18.2 Å². The second-order valence-corrected chi connectivity index (χ2v) is 7.07. The van der Waals surface area contributed by atoms with Crippen molar-refractivity contribution < 1.29 is 19.0 Å². The van der Waals surface area contributed by atoms with Gasteiger partial charge in [-0.25, -0.2) is 4.99 Å². The predicted molar refractivity (Wildman–Crippen MR) is 106 cm³/mol. The molecule has 0 atom stereocenters. The summed E-state index contributed by atoms with van der Waals surface area (Å²) in [5, 5.41) is 3.75. The van der Waals surface area contributed by atoms with Crippen molar-refractivity contribution in [3.05, 3.63) is 51.9 Å². The number of carbonyl (C=O) groups excluding carboxylic acids is 1. The molecule has 2 aliphatic rings. The summed E-state index contributed by atoms with van der Waals surface area (Å²) >= 11 is 7.53. The molecule has 0 saturated carbocycles. The van der Waals surface area contributed by atoms with Crippen LogP contribution in [0.1, 0.15) is 12.5 Å². The van der Waals surface area contributed by atoms with Crippen molar-refractivity contribution in [3.63, 3.8) is 0 Å². The summed E-state index contributed by atoms with van der Waals surface area (Å²) in [4.78, 5) is 17.2. The van der Waals surface area contributed by atoms with Gasteiger partial charge in [-0.05, 0) is 60.7 Å². The number of nitrogens with one attached hydrogen (secondary N) is 1. The van der Waals surface area contributed by atoms with E-state index in [1.807, 2.05) is 31.2 Å². The van der Waals surface area contributed by atoms with Gasteiger partial charge < -0.3 is 19.5 Å². The topological polar surface area (TPSA) is 69.2 Å². The van der Waals surface area contributed by atoms with Gasteiger partial charge >= 0.3 is 0 Å². The molecule has 138 valence electrons. The second kappa shape index (κ2) is 7.54. The summed E-state index contributed by atoms with van der Waals surface area (Å²) in [6.07, 6.45) is 1.71. The quantitative estimate of drug-likeness (QED) is 0.769. The number of ether oxygens (including phenoxy) is 3. The first-order chi connectivity index (χ1) is 13.1. The van der Waals surface area contributed by atoms with Crippen LogP contribution in [-0.4, -0.2) is 24.5 Å². The van der Waals surface area contributed by atoms with Crippen molar-refractivity contribution in [3.8, 4) is 17.2 Å². The third kappa shape index (κ3) is 3.89. The minimum atomic E-state index is -0.224. The molecule has 1 amide bonds. The Hall–Kier alpha value is -2.64. The monoisotopic (exact) mass is 402 g/mol. The van der Waals surface area contributed by atoms with E-state index < -0.39 is 0 Å². The molecule has 27 heavy (non-hydrogen) atoms. The van der Waals surface area contributed by atoms with Crippen LogP contribution in [-0.2, 0) is 4.79 Å². The number of aliphatic imine (C=N–C) groups is 1. The molecule has 0 bridgehead atoms. The number of rotatable bonds is 4. The summed E-state index contributed by atoms with van der Waals surface area (Å²) in [5.74, 6) is 1.77. The Morgan fingerprint density at radius 3 is 2.74 bits per heavy atom. The number of benzene rings is 2. The lowest BCUT2D eigenvalue weighted by molar-refractivity contribution is -0.115. The lowest BCUT2D eigenvalue weighted by Crippen LogP contribution is -2.19. The molecular formula is C19H15ClN2O4S. The zero-order valence-electron chi connectivity index (χ0n) is 14.3. The maximum absolute atomic E-state index is 12.3. The highest BCUT2D eigenvalue weighted by molar-refractivity contribution is 8.18. The van der Waals surface area contributed by atoms with Gasteiger partial charge in [0.05, 0.1) is 22.2 Å². The Balaban J connectivity index is 1.54. The van der Waals surface area contributed by atoms with E-state index in [1.165, 1.54) is 11.8 Å². The van der Waals surface area contributed by atoms with Crippen LogP contribution in [0.4, 0.5) is 5.69 Å². The highest BCUT2D eigenvalue weighted by Gasteiger charge is 2.25. The van der Waals surface area contributed by atoms with Crippen LogP contribution in [0.15, 0.2) is 46.3 Å². The highest BCUT2D eigenvalue weighted by Crippen LogP contribution is 2.39. The van der Waals surface area contributed by atoms with E-state index >= 15 is 0 Å². The van der Waals surface area contributed by atoms with Gasteiger partial charge in [0, 0.05) is 6.07 Å². The van der Waals surface area contributed by atoms with Gasteiger partial charge in [0.1, 0.15) is 5.75 Å². The molecule has 1 fully saturated rings. The molecule has 6 nitrogen and oxygen atoms in total. The van der Waals surface area contributed by atoms with Crippen LogP contribution in [0.25, 0.3) is 6.08 Å². The van der Waals surface area contributed by atoms with Crippen molar-refractivity contribution in [2.45, 2.75) is 6.92 Å². The number of hydrogen-bond donors (Lipinski definition) is 1. The Kier molecular flexibility index (Phi) is 4.96. The Morgan fingerprint density at radius 1 is 1.26 bits per heavy atom. The standard InChI is InChI=1S/C19H15ClN2O4S/c1-2-24-13-5-3-12(4-6-13)21-19-22-18(23)17(27-19)8-11-7-15-16(9-14(11)20)26-10-25-15/h3-9H,2,10H2,1H3,(H,21,22,23)/b17-8-. The maximum atomic E-state index is 12.3. The van der Waals surface area contributed by atoms with Crippen molar-refractivity contribution in [1.29, 1.82) is 0 Å². The zero-order chi connectivity index (χ0) is 18.8. The van der Waals surface area contributed by atoms with Crippen LogP contribution in [0.3, 0.4) is 0 Å². The minimum Gasteiger partial charge on any atom is -0.494 e. The molecular weight excluding hydrogens is 388 g/mol. The predicted octanol–water partition coefficient (Wildman–Crippen LogP) is 4.36. The summed E-state index contributed by atoms with van der Waals surface area (Å²) < 4.78 is 16.1. The van der Waals surface area contributed by atoms with E-state index in [2.05, 4.69) is 10.3 Å².